The highest BCUT2D eigenvalue weighted by Gasteiger charge is 2.04. The molecule has 0 heterocycles. The first-order chi connectivity index (χ1) is 6.70. The molecular weight excluding hydrogens is 178 g/mol. The molecule has 0 unspecified atom stereocenters. The Morgan fingerprint density at radius 1 is 1.21 bits per heavy atom. The minimum absolute atomic E-state index is 0.0881. The minimum Gasteiger partial charge on any atom is -0.466 e. The topological polar surface area (TPSA) is 29.5 Å². The summed E-state index contributed by atoms with van der Waals surface area (Å²) in [5.41, 5.74) is 0. The number of carbonyl (C=O) groups excluding carboxylic acids is 1. The number of carbonyl (C=O) groups is 1. The first-order valence-corrected chi connectivity index (χ1v) is 5.54. The Bertz CT molecular complexity index is 148. The van der Waals surface area contributed by atoms with E-state index in [9.17, 15) is 4.79 Å². The lowest BCUT2D eigenvalue weighted by atomic mass is 10.2. The molecule has 0 aromatic heterocycles. The lowest BCUT2D eigenvalue weighted by Crippen LogP contribution is -2.23. The summed E-state index contributed by atoms with van der Waals surface area (Å²) in [5, 5.41) is 0. The number of rotatable bonds is 8. The largest absolute Gasteiger partial charge is 0.466 e. The number of hydrogen-bond acceptors (Lipinski definition) is 3. The first kappa shape index (κ1) is 13.4. The Morgan fingerprint density at radius 2 is 1.93 bits per heavy atom. The predicted octanol–water partition coefficient (Wildman–Crippen LogP) is 2.06. The molecule has 0 rings (SSSR count). The van der Waals surface area contributed by atoms with E-state index in [0.29, 0.717) is 13.0 Å². The zero-order valence-corrected chi connectivity index (χ0v) is 9.71. The van der Waals surface area contributed by atoms with Gasteiger partial charge in [-0.05, 0) is 26.9 Å². The molecule has 0 aliphatic rings. The van der Waals surface area contributed by atoms with Crippen molar-refractivity contribution in [2.24, 2.45) is 0 Å². The lowest BCUT2D eigenvalue weighted by Gasteiger charge is -2.15. The molecule has 0 aliphatic heterocycles. The molecule has 0 bridgehead atoms. The third kappa shape index (κ3) is 8.05. The van der Waals surface area contributed by atoms with Gasteiger partial charge in [-0.15, -0.1) is 0 Å². The zero-order chi connectivity index (χ0) is 10.8. The molecule has 0 aliphatic carbocycles. The van der Waals surface area contributed by atoms with Gasteiger partial charge < -0.3 is 9.64 Å². The molecule has 84 valence electrons. The van der Waals surface area contributed by atoms with Gasteiger partial charge in [0.1, 0.15) is 0 Å². The second-order valence-corrected chi connectivity index (χ2v) is 3.57. The van der Waals surface area contributed by atoms with E-state index in [-0.39, 0.29) is 5.97 Å². The lowest BCUT2D eigenvalue weighted by molar-refractivity contribution is -0.143. The molecule has 0 fully saturated rings. The van der Waals surface area contributed by atoms with E-state index in [1.165, 1.54) is 19.3 Å². The average molecular weight is 201 g/mol. The van der Waals surface area contributed by atoms with Crippen molar-refractivity contribution in [1.82, 2.24) is 4.90 Å². The van der Waals surface area contributed by atoms with Crippen LogP contribution < -0.4 is 0 Å². The van der Waals surface area contributed by atoms with Crippen molar-refractivity contribution < 1.29 is 9.53 Å². The van der Waals surface area contributed by atoms with Crippen LogP contribution in [-0.4, -0.2) is 37.6 Å². The fourth-order valence-electron chi connectivity index (χ4n) is 1.26. The van der Waals surface area contributed by atoms with E-state index < -0.39 is 0 Å². The maximum absolute atomic E-state index is 11.0. The fraction of sp³-hybridized carbons (Fsp3) is 0.909. The summed E-state index contributed by atoms with van der Waals surface area (Å²) < 4.78 is 4.85. The Kier molecular flexibility index (Phi) is 8.64. The van der Waals surface area contributed by atoms with Crippen LogP contribution in [0.4, 0.5) is 0 Å². The number of unbranched alkanes of at least 4 members (excludes halogenated alkanes) is 2. The molecule has 3 nitrogen and oxygen atoms in total. The molecule has 0 saturated heterocycles. The quantitative estimate of drug-likeness (QED) is 0.445. The van der Waals surface area contributed by atoms with Gasteiger partial charge in [-0.1, -0.05) is 19.8 Å². The van der Waals surface area contributed by atoms with Crippen LogP contribution in [0.5, 0.6) is 0 Å². The van der Waals surface area contributed by atoms with E-state index in [1.807, 2.05) is 6.92 Å². The van der Waals surface area contributed by atoms with Gasteiger partial charge in [-0.25, -0.2) is 0 Å². The molecule has 0 atom stereocenters. The van der Waals surface area contributed by atoms with E-state index in [1.54, 1.807) is 0 Å². The molecule has 0 saturated carbocycles. The van der Waals surface area contributed by atoms with Crippen molar-refractivity contribution in [1.29, 1.82) is 0 Å². The summed E-state index contributed by atoms with van der Waals surface area (Å²) in [7, 11) is 2.05. The van der Waals surface area contributed by atoms with Crippen LogP contribution >= 0.6 is 0 Å². The highest BCUT2D eigenvalue weighted by molar-refractivity contribution is 5.69. The SMILES string of the molecule is CCCCCN(C)CCC(=O)OCC. The summed E-state index contributed by atoms with van der Waals surface area (Å²) in [4.78, 5) is 13.2. The highest BCUT2D eigenvalue weighted by Crippen LogP contribution is 1.97. The van der Waals surface area contributed by atoms with Crippen LogP contribution in [0.1, 0.15) is 39.5 Å². The molecule has 0 aromatic rings. The second kappa shape index (κ2) is 9.00. The first-order valence-electron chi connectivity index (χ1n) is 5.54. The summed E-state index contributed by atoms with van der Waals surface area (Å²) in [5.74, 6) is -0.0881. The van der Waals surface area contributed by atoms with Gasteiger partial charge in [0.2, 0.25) is 0 Å². The molecular formula is C11H23NO2. The van der Waals surface area contributed by atoms with E-state index in [2.05, 4.69) is 18.9 Å². The van der Waals surface area contributed by atoms with Gasteiger partial charge in [0.05, 0.1) is 13.0 Å². The van der Waals surface area contributed by atoms with Gasteiger partial charge in [-0.2, -0.15) is 0 Å². The monoisotopic (exact) mass is 201 g/mol. The van der Waals surface area contributed by atoms with Crippen LogP contribution in [0.15, 0.2) is 0 Å². The van der Waals surface area contributed by atoms with E-state index in [4.69, 9.17) is 4.74 Å². The van der Waals surface area contributed by atoms with Gasteiger partial charge in [0.25, 0.3) is 0 Å². The molecule has 0 spiro atoms. The standard InChI is InChI=1S/C11H23NO2/c1-4-6-7-9-12(3)10-8-11(13)14-5-2/h4-10H2,1-3H3. The van der Waals surface area contributed by atoms with Gasteiger partial charge in [-0.3, -0.25) is 4.79 Å². The van der Waals surface area contributed by atoms with Crippen LogP contribution in [0.3, 0.4) is 0 Å². The van der Waals surface area contributed by atoms with Crippen LogP contribution in [-0.2, 0) is 9.53 Å². The van der Waals surface area contributed by atoms with Crippen molar-refractivity contribution in [2.75, 3.05) is 26.7 Å². The molecule has 0 aromatic carbocycles. The van der Waals surface area contributed by atoms with Gasteiger partial charge in [0, 0.05) is 6.54 Å². The highest BCUT2D eigenvalue weighted by atomic mass is 16.5. The van der Waals surface area contributed by atoms with Crippen molar-refractivity contribution in [3.05, 3.63) is 0 Å². The summed E-state index contributed by atoms with van der Waals surface area (Å²) >= 11 is 0. The van der Waals surface area contributed by atoms with Crippen molar-refractivity contribution in [3.8, 4) is 0 Å². The van der Waals surface area contributed by atoms with Crippen molar-refractivity contribution in [2.45, 2.75) is 39.5 Å². The third-order valence-electron chi connectivity index (χ3n) is 2.15. The summed E-state index contributed by atoms with van der Waals surface area (Å²) in [6.45, 7) is 6.40. The number of nitrogens with zero attached hydrogens (tertiary/aromatic N) is 1. The molecule has 3 heteroatoms. The van der Waals surface area contributed by atoms with Crippen LogP contribution in [0, 0.1) is 0 Å². The van der Waals surface area contributed by atoms with Gasteiger partial charge >= 0.3 is 5.97 Å². The van der Waals surface area contributed by atoms with Crippen LogP contribution in [0.2, 0.25) is 0 Å². The van der Waals surface area contributed by atoms with Crippen molar-refractivity contribution in [3.63, 3.8) is 0 Å². The molecule has 0 N–H and O–H groups in total. The van der Waals surface area contributed by atoms with Crippen molar-refractivity contribution >= 4 is 5.97 Å². The van der Waals surface area contributed by atoms with E-state index in [0.717, 1.165) is 13.1 Å². The fourth-order valence-corrected chi connectivity index (χ4v) is 1.26. The summed E-state index contributed by atoms with van der Waals surface area (Å²) in [6, 6.07) is 0. The average Bonchev–Trinajstić information content (AvgIpc) is 2.16. The molecule has 0 radical (unpaired) electrons. The normalized spacial score (nSPS) is 10.6. The molecule has 0 amide bonds. The maximum atomic E-state index is 11.0. The van der Waals surface area contributed by atoms with Crippen LogP contribution in [0.25, 0.3) is 0 Å². The number of esters is 1. The third-order valence-corrected chi connectivity index (χ3v) is 2.15. The predicted molar refractivity (Wildman–Crippen MR) is 58.3 cm³/mol. The molecule has 14 heavy (non-hydrogen) atoms. The zero-order valence-electron chi connectivity index (χ0n) is 9.71. The Balaban J connectivity index is 3.33. The number of hydrogen-bond donors (Lipinski definition) is 0. The van der Waals surface area contributed by atoms with E-state index >= 15 is 0 Å². The Labute approximate surface area is 87.4 Å². The number of ether oxygens (including phenoxy) is 1. The Morgan fingerprint density at radius 3 is 2.50 bits per heavy atom. The summed E-state index contributed by atoms with van der Waals surface area (Å²) in [6.07, 6.45) is 4.24. The smallest absolute Gasteiger partial charge is 0.307 e. The Hall–Kier alpha value is -0.570. The van der Waals surface area contributed by atoms with Gasteiger partial charge in [0.15, 0.2) is 0 Å². The second-order valence-electron chi connectivity index (χ2n) is 3.57. The minimum atomic E-state index is -0.0881. The maximum Gasteiger partial charge on any atom is 0.307 e.